The van der Waals surface area contributed by atoms with Gasteiger partial charge in [0.05, 0.1) is 12.2 Å². The number of hydrogen-bond acceptors (Lipinski definition) is 1. The van der Waals surface area contributed by atoms with Gasteiger partial charge >= 0.3 is 0 Å². The van der Waals surface area contributed by atoms with E-state index in [1.54, 1.807) is 0 Å². The van der Waals surface area contributed by atoms with Crippen molar-refractivity contribution in [2.75, 3.05) is 0 Å². The fourth-order valence-corrected chi connectivity index (χ4v) is 2.59. The standard InChI is InChI=1S/C12H20O/c1-10-6-5-9-12(13-10)11-7-3-2-4-8-11/h5-6,10-12H,2-4,7-9H2,1H3/t10-,12+/m0/s1. The molecule has 1 fully saturated rings. The lowest BCUT2D eigenvalue weighted by Gasteiger charge is -2.33. The molecule has 2 aliphatic rings. The van der Waals surface area contributed by atoms with Crippen LogP contribution in [0, 0.1) is 5.92 Å². The molecule has 1 nitrogen and oxygen atoms in total. The van der Waals surface area contributed by atoms with Crippen molar-refractivity contribution in [2.24, 2.45) is 5.92 Å². The molecule has 1 aliphatic heterocycles. The first-order chi connectivity index (χ1) is 6.36. The van der Waals surface area contributed by atoms with Gasteiger partial charge in [-0.15, -0.1) is 0 Å². The van der Waals surface area contributed by atoms with Crippen molar-refractivity contribution in [3.8, 4) is 0 Å². The molecule has 13 heavy (non-hydrogen) atoms. The summed E-state index contributed by atoms with van der Waals surface area (Å²) < 4.78 is 5.94. The highest BCUT2D eigenvalue weighted by atomic mass is 16.5. The Morgan fingerprint density at radius 1 is 1.15 bits per heavy atom. The molecule has 0 spiro atoms. The summed E-state index contributed by atoms with van der Waals surface area (Å²) in [7, 11) is 0. The summed E-state index contributed by atoms with van der Waals surface area (Å²) in [5.41, 5.74) is 0. The maximum Gasteiger partial charge on any atom is 0.0731 e. The van der Waals surface area contributed by atoms with Crippen LogP contribution >= 0.6 is 0 Å². The van der Waals surface area contributed by atoms with E-state index >= 15 is 0 Å². The zero-order valence-corrected chi connectivity index (χ0v) is 8.54. The van der Waals surface area contributed by atoms with Crippen LogP contribution in [0.2, 0.25) is 0 Å². The Morgan fingerprint density at radius 3 is 2.62 bits per heavy atom. The Hall–Kier alpha value is -0.300. The number of rotatable bonds is 1. The molecule has 0 saturated heterocycles. The molecule has 1 heteroatoms. The third-order valence-corrected chi connectivity index (χ3v) is 3.34. The maximum absolute atomic E-state index is 5.94. The highest BCUT2D eigenvalue weighted by Crippen LogP contribution is 2.31. The highest BCUT2D eigenvalue weighted by Gasteiger charge is 2.26. The minimum atomic E-state index is 0.348. The lowest BCUT2D eigenvalue weighted by Crippen LogP contribution is -2.30. The largest absolute Gasteiger partial charge is 0.371 e. The summed E-state index contributed by atoms with van der Waals surface area (Å²) in [4.78, 5) is 0. The van der Waals surface area contributed by atoms with Gasteiger partial charge in [0, 0.05) is 0 Å². The van der Waals surface area contributed by atoms with Crippen molar-refractivity contribution in [1.29, 1.82) is 0 Å². The van der Waals surface area contributed by atoms with Gasteiger partial charge in [-0.3, -0.25) is 0 Å². The fourth-order valence-electron chi connectivity index (χ4n) is 2.59. The van der Waals surface area contributed by atoms with Gasteiger partial charge in [-0.1, -0.05) is 31.4 Å². The molecule has 0 aromatic rings. The maximum atomic E-state index is 5.94. The lowest BCUT2D eigenvalue weighted by molar-refractivity contribution is -0.0292. The van der Waals surface area contributed by atoms with Crippen molar-refractivity contribution < 1.29 is 4.74 Å². The van der Waals surface area contributed by atoms with Crippen molar-refractivity contribution >= 4 is 0 Å². The first-order valence-corrected chi connectivity index (χ1v) is 5.68. The second-order valence-electron chi connectivity index (χ2n) is 4.44. The van der Waals surface area contributed by atoms with E-state index in [-0.39, 0.29) is 0 Å². The Bertz CT molecular complexity index is 180. The topological polar surface area (TPSA) is 9.23 Å². The summed E-state index contributed by atoms with van der Waals surface area (Å²) in [6.45, 7) is 2.14. The molecule has 0 radical (unpaired) electrons. The van der Waals surface area contributed by atoms with E-state index in [1.165, 1.54) is 32.1 Å². The molecule has 1 heterocycles. The first-order valence-electron chi connectivity index (χ1n) is 5.68. The molecule has 1 aliphatic carbocycles. The van der Waals surface area contributed by atoms with E-state index in [0.717, 1.165) is 12.3 Å². The van der Waals surface area contributed by atoms with Gasteiger partial charge in [-0.05, 0) is 32.1 Å². The van der Waals surface area contributed by atoms with Crippen LogP contribution < -0.4 is 0 Å². The minimum Gasteiger partial charge on any atom is -0.371 e. The van der Waals surface area contributed by atoms with E-state index in [4.69, 9.17) is 4.74 Å². The Kier molecular flexibility index (Phi) is 3.05. The summed E-state index contributed by atoms with van der Waals surface area (Å²) in [5, 5.41) is 0. The van der Waals surface area contributed by atoms with E-state index in [0.29, 0.717) is 12.2 Å². The van der Waals surface area contributed by atoms with E-state index in [9.17, 15) is 0 Å². The van der Waals surface area contributed by atoms with E-state index in [2.05, 4.69) is 19.1 Å². The average molecular weight is 180 g/mol. The van der Waals surface area contributed by atoms with Crippen LogP contribution in [0.25, 0.3) is 0 Å². The number of hydrogen-bond donors (Lipinski definition) is 0. The molecule has 74 valence electrons. The molecule has 2 rings (SSSR count). The van der Waals surface area contributed by atoms with Crippen LogP contribution in [-0.2, 0) is 4.74 Å². The van der Waals surface area contributed by atoms with Gasteiger partial charge < -0.3 is 4.74 Å². The second-order valence-corrected chi connectivity index (χ2v) is 4.44. The van der Waals surface area contributed by atoms with Gasteiger partial charge in [0.1, 0.15) is 0 Å². The quantitative estimate of drug-likeness (QED) is 0.563. The summed E-state index contributed by atoms with van der Waals surface area (Å²) in [5.74, 6) is 0.848. The molecule has 0 aromatic heterocycles. The van der Waals surface area contributed by atoms with Gasteiger partial charge in [-0.2, -0.15) is 0 Å². The molecule has 2 atom stereocenters. The second kappa shape index (κ2) is 4.28. The molecular weight excluding hydrogens is 160 g/mol. The third kappa shape index (κ3) is 2.34. The first kappa shape index (κ1) is 9.26. The molecule has 0 aromatic carbocycles. The molecular formula is C12H20O. The molecule has 0 bridgehead atoms. The van der Waals surface area contributed by atoms with Crippen LogP contribution in [0.5, 0.6) is 0 Å². The predicted molar refractivity (Wildman–Crippen MR) is 54.7 cm³/mol. The normalized spacial score (nSPS) is 36.4. The van der Waals surface area contributed by atoms with Crippen molar-refractivity contribution in [3.05, 3.63) is 12.2 Å². The van der Waals surface area contributed by atoms with Crippen LogP contribution in [-0.4, -0.2) is 12.2 Å². The zero-order valence-electron chi connectivity index (χ0n) is 8.54. The zero-order chi connectivity index (χ0) is 9.10. The average Bonchev–Trinajstić information content (AvgIpc) is 2.19. The van der Waals surface area contributed by atoms with E-state index in [1.807, 2.05) is 0 Å². The predicted octanol–water partition coefficient (Wildman–Crippen LogP) is 3.30. The van der Waals surface area contributed by atoms with E-state index < -0.39 is 0 Å². The van der Waals surface area contributed by atoms with Crippen molar-refractivity contribution in [3.63, 3.8) is 0 Å². The van der Waals surface area contributed by atoms with Gasteiger partial charge in [0.25, 0.3) is 0 Å². The van der Waals surface area contributed by atoms with Crippen molar-refractivity contribution in [1.82, 2.24) is 0 Å². The summed E-state index contributed by atoms with van der Waals surface area (Å²) >= 11 is 0. The molecule has 0 N–H and O–H groups in total. The lowest BCUT2D eigenvalue weighted by atomic mass is 9.83. The third-order valence-electron chi connectivity index (χ3n) is 3.34. The van der Waals surface area contributed by atoms with Crippen LogP contribution in [0.15, 0.2) is 12.2 Å². The summed E-state index contributed by atoms with van der Waals surface area (Å²) in [6, 6.07) is 0. The summed E-state index contributed by atoms with van der Waals surface area (Å²) in [6.07, 6.45) is 13.6. The number of ether oxygens (including phenoxy) is 1. The molecule has 1 saturated carbocycles. The minimum absolute atomic E-state index is 0.348. The SMILES string of the molecule is C[C@H]1C=CC[C@H](C2CCCCC2)O1. The van der Waals surface area contributed by atoms with Crippen LogP contribution in [0.3, 0.4) is 0 Å². The smallest absolute Gasteiger partial charge is 0.0731 e. The highest BCUT2D eigenvalue weighted by molar-refractivity contribution is 4.96. The van der Waals surface area contributed by atoms with Gasteiger partial charge in [-0.25, -0.2) is 0 Å². The monoisotopic (exact) mass is 180 g/mol. The fraction of sp³-hybridized carbons (Fsp3) is 0.833. The van der Waals surface area contributed by atoms with Crippen LogP contribution in [0.1, 0.15) is 45.4 Å². The van der Waals surface area contributed by atoms with Crippen LogP contribution in [0.4, 0.5) is 0 Å². The Morgan fingerprint density at radius 2 is 1.92 bits per heavy atom. The molecule has 0 unspecified atom stereocenters. The molecule has 0 amide bonds. The van der Waals surface area contributed by atoms with Gasteiger partial charge in [0.2, 0.25) is 0 Å². The van der Waals surface area contributed by atoms with Crippen molar-refractivity contribution in [2.45, 2.75) is 57.7 Å². The Balaban J connectivity index is 1.88. The van der Waals surface area contributed by atoms with Gasteiger partial charge in [0.15, 0.2) is 0 Å². The Labute approximate surface area is 81.2 Å².